The molecule has 450 valence electrons. The van der Waals surface area contributed by atoms with Crippen LogP contribution in [0.15, 0.2) is 12.2 Å². The normalized spacial score (nSPS) is 12.0. The average Bonchev–Trinajstić information content (AvgIpc) is 3.42. The summed E-state index contributed by atoms with van der Waals surface area (Å²) in [5.41, 5.74) is 0. The van der Waals surface area contributed by atoms with Crippen molar-refractivity contribution < 1.29 is 28.6 Å². The van der Waals surface area contributed by atoms with Crippen molar-refractivity contribution in [1.29, 1.82) is 0 Å². The molecule has 6 heteroatoms. The van der Waals surface area contributed by atoms with Crippen LogP contribution >= 0.6 is 0 Å². The highest BCUT2D eigenvalue weighted by Crippen LogP contribution is 2.19. The topological polar surface area (TPSA) is 78.9 Å². The van der Waals surface area contributed by atoms with E-state index in [1.165, 1.54) is 295 Å². The number of carbonyl (C=O) groups is 3. The molecular weight excluding hydrogens is 937 g/mol. The number of carbonyl (C=O) groups excluding carboxylic acids is 3. The monoisotopic (exact) mass is 1070 g/mol. The molecule has 0 aliphatic rings. The first-order chi connectivity index (χ1) is 37.5. The highest BCUT2D eigenvalue weighted by Gasteiger charge is 2.19. The summed E-state index contributed by atoms with van der Waals surface area (Å²) < 4.78 is 17.0. The fourth-order valence-electron chi connectivity index (χ4n) is 10.8. The van der Waals surface area contributed by atoms with E-state index in [1.807, 2.05) is 0 Å². The molecular formula is C70H134O6. The molecule has 0 aliphatic carbocycles. The first-order valence-electron chi connectivity index (χ1n) is 34.7. The second kappa shape index (κ2) is 65.7. The van der Waals surface area contributed by atoms with Crippen LogP contribution in [0.25, 0.3) is 0 Å². The third-order valence-electron chi connectivity index (χ3n) is 16.0. The second-order valence-corrected chi connectivity index (χ2v) is 23.8. The Balaban J connectivity index is 4.13. The average molecular weight is 1070 g/mol. The molecule has 0 N–H and O–H groups in total. The van der Waals surface area contributed by atoms with Gasteiger partial charge < -0.3 is 14.2 Å². The smallest absolute Gasteiger partial charge is 0.306 e. The number of ether oxygens (including phenoxy) is 3. The molecule has 0 heterocycles. The number of unbranched alkanes of at least 4 members (excludes halogenated alkanes) is 52. The minimum atomic E-state index is -0.769. The van der Waals surface area contributed by atoms with Gasteiger partial charge in [0.1, 0.15) is 13.2 Å². The highest BCUT2D eigenvalue weighted by atomic mass is 16.6. The SMILES string of the molecule is CCCCCCC/C=C\CCCCCCCC(=O)OCC(COC(=O)CCCCCCCCCCCCCCCCCCCCCCCCCCCCCCC)OC(=O)CCCCCCCCCCCCCCCCC. The summed E-state index contributed by atoms with van der Waals surface area (Å²) in [5.74, 6) is -0.843. The van der Waals surface area contributed by atoms with E-state index in [0.717, 1.165) is 64.2 Å². The molecule has 1 unspecified atom stereocenters. The second-order valence-electron chi connectivity index (χ2n) is 23.8. The van der Waals surface area contributed by atoms with Crippen LogP contribution in [-0.4, -0.2) is 37.2 Å². The Bertz CT molecular complexity index is 1180. The van der Waals surface area contributed by atoms with E-state index >= 15 is 0 Å². The molecule has 0 rings (SSSR count). The quantitative estimate of drug-likeness (QED) is 0.0261. The Hall–Kier alpha value is -1.85. The first kappa shape index (κ1) is 74.2. The van der Waals surface area contributed by atoms with Crippen molar-refractivity contribution >= 4 is 17.9 Å². The van der Waals surface area contributed by atoms with Gasteiger partial charge in [-0.1, -0.05) is 348 Å². The lowest BCUT2D eigenvalue weighted by atomic mass is 10.0. The molecule has 0 bridgehead atoms. The van der Waals surface area contributed by atoms with Crippen molar-refractivity contribution in [1.82, 2.24) is 0 Å². The van der Waals surface area contributed by atoms with Crippen LogP contribution in [0.1, 0.15) is 400 Å². The molecule has 0 fully saturated rings. The largest absolute Gasteiger partial charge is 0.462 e. The maximum Gasteiger partial charge on any atom is 0.306 e. The summed E-state index contributed by atoms with van der Waals surface area (Å²) in [6.07, 6.45) is 78.2. The minimum Gasteiger partial charge on any atom is -0.462 e. The lowest BCUT2D eigenvalue weighted by Gasteiger charge is -2.18. The Kier molecular flexibility index (Phi) is 64.1. The van der Waals surface area contributed by atoms with Gasteiger partial charge in [-0.15, -0.1) is 0 Å². The summed E-state index contributed by atoms with van der Waals surface area (Å²) in [6, 6.07) is 0. The maximum absolute atomic E-state index is 12.9. The van der Waals surface area contributed by atoms with Gasteiger partial charge >= 0.3 is 17.9 Å². The summed E-state index contributed by atoms with van der Waals surface area (Å²) in [7, 11) is 0. The lowest BCUT2D eigenvalue weighted by Crippen LogP contribution is -2.30. The molecule has 76 heavy (non-hydrogen) atoms. The third kappa shape index (κ3) is 63.0. The fraction of sp³-hybridized carbons (Fsp3) is 0.929. The van der Waals surface area contributed by atoms with E-state index in [2.05, 4.69) is 32.9 Å². The third-order valence-corrected chi connectivity index (χ3v) is 16.0. The van der Waals surface area contributed by atoms with Crippen molar-refractivity contribution in [3.63, 3.8) is 0 Å². The Morgan fingerprint density at radius 3 is 0.658 bits per heavy atom. The molecule has 0 saturated heterocycles. The van der Waals surface area contributed by atoms with Gasteiger partial charge in [0, 0.05) is 19.3 Å². The number of allylic oxidation sites excluding steroid dienone is 2. The number of esters is 3. The van der Waals surface area contributed by atoms with Gasteiger partial charge in [0.2, 0.25) is 0 Å². The van der Waals surface area contributed by atoms with E-state index in [0.29, 0.717) is 19.3 Å². The van der Waals surface area contributed by atoms with Gasteiger partial charge in [-0.05, 0) is 44.9 Å². The Labute approximate surface area is 475 Å². The summed E-state index contributed by atoms with van der Waals surface area (Å²) in [4.78, 5) is 38.3. The first-order valence-corrected chi connectivity index (χ1v) is 34.7. The molecule has 0 aromatic heterocycles. The molecule has 6 nitrogen and oxygen atoms in total. The van der Waals surface area contributed by atoms with Crippen molar-refractivity contribution in [3.05, 3.63) is 12.2 Å². The van der Waals surface area contributed by atoms with Gasteiger partial charge in [0.15, 0.2) is 6.10 Å². The van der Waals surface area contributed by atoms with Crippen LogP contribution in [0.4, 0.5) is 0 Å². The van der Waals surface area contributed by atoms with Crippen LogP contribution < -0.4 is 0 Å². The molecule has 0 aromatic carbocycles. The highest BCUT2D eigenvalue weighted by molar-refractivity contribution is 5.71. The zero-order valence-corrected chi connectivity index (χ0v) is 51.8. The van der Waals surface area contributed by atoms with Crippen LogP contribution in [-0.2, 0) is 28.6 Å². The maximum atomic E-state index is 12.9. The summed E-state index contributed by atoms with van der Waals surface area (Å²) in [6.45, 7) is 6.71. The Morgan fingerprint density at radius 2 is 0.434 bits per heavy atom. The Morgan fingerprint density at radius 1 is 0.250 bits per heavy atom. The molecule has 0 aliphatic heterocycles. The van der Waals surface area contributed by atoms with Gasteiger partial charge in [-0.3, -0.25) is 14.4 Å². The van der Waals surface area contributed by atoms with E-state index in [-0.39, 0.29) is 31.1 Å². The van der Waals surface area contributed by atoms with E-state index in [1.54, 1.807) is 0 Å². The predicted octanol–water partition coefficient (Wildman–Crippen LogP) is 23.6. The number of hydrogen-bond donors (Lipinski definition) is 0. The zero-order valence-electron chi connectivity index (χ0n) is 51.8. The van der Waals surface area contributed by atoms with Crippen molar-refractivity contribution in [2.24, 2.45) is 0 Å². The minimum absolute atomic E-state index is 0.0659. The number of hydrogen-bond acceptors (Lipinski definition) is 6. The molecule has 0 spiro atoms. The zero-order chi connectivity index (χ0) is 55.0. The van der Waals surface area contributed by atoms with Crippen LogP contribution in [0.5, 0.6) is 0 Å². The van der Waals surface area contributed by atoms with Gasteiger partial charge in [0.05, 0.1) is 0 Å². The molecule has 0 aromatic rings. The predicted molar refractivity (Wildman–Crippen MR) is 330 cm³/mol. The van der Waals surface area contributed by atoms with Crippen molar-refractivity contribution in [2.75, 3.05) is 13.2 Å². The number of rotatable bonds is 65. The van der Waals surface area contributed by atoms with Crippen LogP contribution in [0, 0.1) is 0 Å². The molecule has 1 atom stereocenters. The summed E-state index contributed by atoms with van der Waals surface area (Å²) >= 11 is 0. The van der Waals surface area contributed by atoms with E-state index in [4.69, 9.17) is 14.2 Å². The van der Waals surface area contributed by atoms with Crippen molar-refractivity contribution in [2.45, 2.75) is 406 Å². The van der Waals surface area contributed by atoms with Gasteiger partial charge in [-0.25, -0.2) is 0 Å². The van der Waals surface area contributed by atoms with Crippen molar-refractivity contribution in [3.8, 4) is 0 Å². The van der Waals surface area contributed by atoms with Gasteiger partial charge in [0.25, 0.3) is 0 Å². The van der Waals surface area contributed by atoms with E-state index < -0.39 is 6.10 Å². The molecule has 0 saturated carbocycles. The molecule has 0 amide bonds. The molecule has 0 radical (unpaired) electrons. The van der Waals surface area contributed by atoms with E-state index in [9.17, 15) is 14.4 Å². The van der Waals surface area contributed by atoms with Crippen LogP contribution in [0.3, 0.4) is 0 Å². The summed E-state index contributed by atoms with van der Waals surface area (Å²) in [5, 5.41) is 0. The van der Waals surface area contributed by atoms with Gasteiger partial charge in [-0.2, -0.15) is 0 Å². The standard InChI is InChI=1S/C70H134O6/c1-4-7-10-13-16-19-22-25-28-29-30-31-32-33-34-35-36-37-38-39-40-41-43-45-48-51-54-57-60-63-69(72)75-66-67(65-74-68(71)62-59-56-53-50-47-44-27-24-21-18-15-12-9-6-3)76-70(73)64-61-58-55-52-49-46-42-26-23-20-17-14-11-8-5-2/h24,27,67H,4-23,25-26,28-66H2,1-3H3/b27-24-. The van der Waals surface area contributed by atoms with Crippen LogP contribution in [0.2, 0.25) is 0 Å². The lowest BCUT2D eigenvalue weighted by molar-refractivity contribution is -0.167. The fourth-order valence-corrected chi connectivity index (χ4v) is 10.8.